The molecule has 0 saturated heterocycles. The Hall–Kier alpha value is -2.85. The lowest BCUT2D eigenvalue weighted by Gasteiger charge is -2.17. The number of nitrogens with one attached hydrogen (secondary N) is 1. The number of anilines is 2. The van der Waals surface area contributed by atoms with Crippen LogP contribution >= 0.6 is 0 Å². The molecule has 0 fully saturated rings. The van der Waals surface area contributed by atoms with Crippen LogP contribution in [0.25, 0.3) is 0 Å². The van der Waals surface area contributed by atoms with Crippen molar-refractivity contribution >= 4 is 17.3 Å². The third-order valence-corrected chi connectivity index (χ3v) is 2.24. The van der Waals surface area contributed by atoms with Crippen LogP contribution in [0, 0.1) is 16.7 Å². The fourth-order valence-corrected chi connectivity index (χ4v) is 1.38. The smallest absolute Gasteiger partial charge is 0.248 e. The molecule has 0 aliphatic carbocycles. The SMILES string of the molecule is N#Cc1cccc(N(O)C(=N)n2cc(N)cn2)c1. The second kappa shape index (κ2) is 4.57. The van der Waals surface area contributed by atoms with Crippen molar-refractivity contribution in [3.05, 3.63) is 42.2 Å². The molecule has 0 bridgehead atoms. The Labute approximate surface area is 103 Å². The van der Waals surface area contributed by atoms with Gasteiger partial charge in [-0.25, -0.2) is 4.68 Å². The van der Waals surface area contributed by atoms with Crippen LogP contribution < -0.4 is 10.8 Å². The Morgan fingerprint density at radius 3 is 2.94 bits per heavy atom. The molecule has 18 heavy (non-hydrogen) atoms. The van der Waals surface area contributed by atoms with Crippen LogP contribution in [0.1, 0.15) is 5.56 Å². The number of nitriles is 1. The summed E-state index contributed by atoms with van der Waals surface area (Å²) >= 11 is 0. The second-order valence-electron chi connectivity index (χ2n) is 3.52. The topological polar surface area (TPSA) is 115 Å². The number of hydrogen-bond donors (Lipinski definition) is 3. The van der Waals surface area contributed by atoms with Crippen molar-refractivity contribution < 1.29 is 5.21 Å². The maximum absolute atomic E-state index is 9.87. The molecule has 4 N–H and O–H groups in total. The zero-order valence-corrected chi connectivity index (χ0v) is 9.28. The standard InChI is InChI=1S/C11H10N6O/c12-5-8-2-1-3-10(4-8)17(18)11(14)16-7-9(13)6-15-16/h1-4,6-7,14,18H,13H2. The number of nitrogens with zero attached hydrogens (tertiary/aromatic N) is 4. The number of benzene rings is 1. The van der Waals surface area contributed by atoms with Crippen LogP contribution in [-0.2, 0) is 0 Å². The molecule has 0 unspecified atom stereocenters. The van der Waals surface area contributed by atoms with Gasteiger partial charge in [-0.05, 0) is 18.2 Å². The monoisotopic (exact) mass is 242 g/mol. The molecule has 1 aromatic carbocycles. The quantitative estimate of drug-likeness (QED) is 0.392. The molecule has 0 amide bonds. The summed E-state index contributed by atoms with van der Waals surface area (Å²) in [4.78, 5) is 0. The van der Waals surface area contributed by atoms with Crippen LogP contribution in [0.4, 0.5) is 11.4 Å². The number of rotatable bonds is 1. The van der Waals surface area contributed by atoms with E-state index in [1.807, 2.05) is 6.07 Å². The first kappa shape index (κ1) is 11.6. The summed E-state index contributed by atoms with van der Waals surface area (Å²) in [5, 5.41) is 30.8. The van der Waals surface area contributed by atoms with Gasteiger partial charge < -0.3 is 5.73 Å². The fraction of sp³-hybridized carbons (Fsp3) is 0. The van der Waals surface area contributed by atoms with E-state index in [0.29, 0.717) is 22.0 Å². The molecule has 2 rings (SSSR count). The Morgan fingerprint density at radius 1 is 1.56 bits per heavy atom. The lowest BCUT2D eigenvalue weighted by molar-refractivity contribution is 0.306. The van der Waals surface area contributed by atoms with E-state index in [9.17, 15) is 5.21 Å². The van der Waals surface area contributed by atoms with Crippen LogP contribution in [0.15, 0.2) is 36.7 Å². The van der Waals surface area contributed by atoms with Crippen molar-refractivity contribution in [2.45, 2.75) is 0 Å². The number of aromatic nitrogens is 2. The molecule has 0 radical (unpaired) electrons. The molecule has 0 aliphatic heterocycles. The predicted octanol–water partition coefficient (Wildman–Crippen LogP) is 1.02. The molecule has 90 valence electrons. The zero-order chi connectivity index (χ0) is 13.1. The lowest BCUT2D eigenvalue weighted by Crippen LogP contribution is -2.32. The van der Waals surface area contributed by atoms with Crippen molar-refractivity contribution in [3.8, 4) is 6.07 Å². The Morgan fingerprint density at radius 2 is 2.33 bits per heavy atom. The molecule has 0 aliphatic rings. The fourth-order valence-electron chi connectivity index (χ4n) is 1.38. The Kier molecular flexibility index (Phi) is 2.95. The van der Waals surface area contributed by atoms with Crippen LogP contribution in [-0.4, -0.2) is 20.9 Å². The largest absolute Gasteiger partial charge is 0.396 e. The molecule has 7 heteroatoms. The van der Waals surface area contributed by atoms with Crippen molar-refractivity contribution in [1.29, 1.82) is 10.7 Å². The summed E-state index contributed by atoms with van der Waals surface area (Å²) in [6.07, 6.45) is 2.77. The molecule has 2 aromatic rings. The molecule has 0 spiro atoms. The highest BCUT2D eigenvalue weighted by molar-refractivity contribution is 5.92. The number of hydroxylamine groups is 1. The van der Waals surface area contributed by atoms with Gasteiger partial charge in [0, 0.05) is 0 Å². The highest BCUT2D eigenvalue weighted by atomic mass is 16.5. The lowest BCUT2D eigenvalue weighted by atomic mass is 10.2. The van der Waals surface area contributed by atoms with E-state index in [4.69, 9.17) is 16.4 Å². The Balaban J connectivity index is 2.28. The van der Waals surface area contributed by atoms with E-state index in [1.54, 1.807) is 18.2 Å². The molecule has 0 atom stereocenters. The van der Waals surface area contributed by atoms with Crippen molar-refractivity contribution in [1.82, 2.24) is 9.78 Å². The second-order valence-corrected chi connectivity index (χ2v) is 3.52. The summed E-state index contributed by atoms with van der Waals surface area (Å²) in [6.45, 7) is 0. The molecule has 1 aromatic heterocycles. The van der Waals surface area contributed by atoms with Crippen molar-refractivity contribution in [2.75, 3.05) is 10.8 Å². The van der Waals surface area contributed by atoms with Crippen LogP contribution in [0.5, 0.6) is 0 Å². The number of nitrogens with two attached hydrogens (primary N) is 1. The van der Waals surface area contributed by atoms with Gasteiger partial charge in [-0.1, -0.05) is 6.07 Å². The van der Waals surface area contributed by atoms with Gasteiger partial charge in [0.25, 0.3) is 0 Å². The van der Waals surface area contributed by atoms with E-state index in [2.05, 4.69) is 5.10 Å². The van der Waals surface area contributed by atoms with Gasteiger partial charge in [-0.15, -0.1) is 0 Å². The average Bonchev–Trinajstić information content (AvgIpc) is 2.83. The summed E-state index contributed by atoms with van der Waals surface area (Å²) in [6, 6.07) is 8.20. The first-order valence-electron chi connectivity index (χ1n) is 5.00. The number of hydrogen-bond acceptors (Lipinski definition) is 5. The zero-order valence-electron chi connectivity index (χ0n) is 9.28. The molecule has 1 heterocycles. The highest BCUT2D eigenvalue weighted by Gasteiger charge is 2.12. The molecular weight excluding hydrogens is 232 g/mol. The minimum absolute atomic E-state index is 0.290. The van der Waals surface area contributed by atoms with E-state index in [0.717, 1.165) is 4.68 Å². The van der Waals surface area contributed by atoms with E-state index >= 15 is 0 Å². The average molecular weight is 242 g/mol. The van der Waals surface area contributed by atoms with Gasteiger partial charge in [0.1, 0.15) is 0 Å². The van der Waals surface area contributed by atoms with Gasteiger partial charge in [0.05, 0.1) is 35.4 Å². The van der Waals surface area contributed by atoms with Gasteiger partial charge in [0.15, 0.2) is 0 Å². The maximum Gasteiger partial charge on any atom is 0.248 e. The third kappa shape index (κ3) is 2.14. The van der Waals surface area contributed by atoms with Crippen LogP contribution in [0.2, 0.25) is 0 Å². The van der Waals surface area contributed by atoms with Gasteiger partial charge in [-0.3, -0.25) is 10.6 Å². The van der Waals surface area contributed by atoms with Gasteiger partial charge >= 0.3 is 0 Å². The van der Waals surface area contributed by atoms with Gasteiger partial charge in [-0.2, -0.15) is 15.4 Å². The third-order valence-electron chi connectivity index (χ3n) is 2.24. The molecule has 7 nitrogen and oxygen atoms in total. The summed E-state index contributed by atoms with van der Waals surface area (Å²) in [5.41, 5.74) is 6.55. The van der Waals surface area contributed by atoms with E-state index in [-0.39, 0.29) is 5.96 Å². The van der Waals surface area contributed by atoms with E-state index in [1.165, 1.54) is 18.5 Å². The van der Waals surface area contributed by atoms with Crippen LogP contribution in [0.3, 0.4) is 0 Å². The first-order chi connectivity index (χ1) is 8.61. The first-order valence-corrected chi connectivity index (χ1v) is 5.00. The van der Waals surface area contributed by atoms with Gasteiger partial charge in [0.2, 0.25) is 5.96 Å². The summed E-state index contributed by atoms with van der Waals surface area (Å²) in [7, 11) is 0. The minimum atomic E-state index is -0.290. The molecular formula is C11H10N6O. The van der Waals surface area contributed by atoms with E-state index < -0.39 is 0 Å². The van der Waals surface area contributed by atoms with Crippen molar-refractivity contribution in [3.63, 3.8) is 0 Å². The maximum atomic E-state index is 9.87. The highest BCUT2D eigenvalue weighted by Crippen LogP contribution is 2.15. The predicted molar refractivity (Wildman–Crippen MR) is 65.2 cm³/mol. The van der Waals surface area contributed by atoms with Crippen molar-refractivity contribution in [2.24, 2.45) is 0 Å². The minimum Gasteiger partial charge on any atom is -0.396 e. The summed E-state index contributed by atoms with van der Waals surface area (Å²) < 4.78 is 1.12. The normalized spacial score (nSPS) is 9.78. The Bertz CT molecular complexity index is 626. The number of nitrogen functional groups attached to an aromatic ring is 1. The molecule has 0 saturated carbocycles. The summed E-state index contributed by atoms with van der Waals surface area (Å²) in [5.74, 6) is -0.290.